The van der Waals surface area contributed by atoms with Crippen molar-refractivity contribution in [2.75, 3.05) is 13.2 Å². The number of amides is 1. The number of aliphatic hydroxyl groups is 1. The van der Waals surface area contributed by atoms with Gasteiger partial charge in [0.2, 0.25) is 0 Å². The third kappa shape index (κ3) is 6.56. The summed E-state index contributed by atoms with van der Waals surface area (Å²) in [5.41, 5.74) is 4.66. The molecule has 0 bridgehead atoms. The average molecular weight is 533 g/mol. The number of rotatable bonds is 10. The molecular weight excluding hydrogens is 496 g/mol. The third-order valence-electron chi connectivity index (χ3n) is 7.37. The quantitative estimate of drug-likeness (QED) is 0.262. The Morgan fingerprint density at radius 3 is 2.26 bits per heavy atom. The molecule has 0 saturated carbocycles. The van der Waals surface area contributed by atoms with Crippen LogP contribution < -0.4 is 5.32 Å². The van der Waals surface area contributed by atoms with Gasteiger partial charge in [0, 0.05) is 31.0 Å². The summed E-state index contributed by atoms with van der Waals surface area (Å²) in [6.45, 7) is 5.94. The molecule has 3 N–H and O–H groups in total. The summed E-state index contributed by atoms with van der Waals surface area (Å²) in [6.07, 6.45) is 1.40. The van der Waals surface area contributed by atoms with Gasteiger partial charge >= 0.3 is 12.1 Å². The Morgan fingerprint density at radius 1 is 1.05 bits per heavy atom. The van der Waals surface area contributed by atoms with Crippen molar-refractivity contribution in [1.29, 1.82) is 0 Å². The molecule has 2 aromatic rings. The third-order valence-corrected chi connectivity index (χ3v) is 7.37. The van der Waals surface area contributed by atoms with Crippen LogP contribution >= 0.6 is 0 Å². The Morgan fingerprint density at radius 2 is 1.67 bits per heavy atom. The van der Waals surface area contributed by atoms with E-state index in [4.69, 9.17) is 4.74 Å². The van der Waals surface area contributed by atoms with Gasteiger partial charge in [-0.15, -0.1) is 0 Å². The number of carboxylic acids is 1. The van der Waals surface area contributed by atoms with Crippen LogP contribution in [0.15, 0.2) is 64.9 Å². The number of nitrogens with one attached hydrogen (secondary N) is 1. The summed E-state index contributed by atoms with van der Waals surface area (Å²) < 4.78 is 5.53. The molecule has 0 fully saturated rings. The number of alkyl carbamates (subject to hydrolysis) is 1. The number of aliphatic imine (C=N–C) groups is 1. The zero-order chi connectivity index (χ0) is 28.2. The molecule has 8 heteroatoms. The van der Waals surface area contributed by atoms with E-state index in [1.807, 2.05) is 38.1 Å². The van der Waals surface area contributed by atoms with Crippen LogP contribution in [-0.2, 0) is 14.3 Å². The molecule has 1 unspecified atom stereocenters. The fraction of sp³-hybridized carbons (Fsp3) is 0.419. The van der Waals surface area contributed by atoms with Crippen molar-refractivity contribution in [2.45, 2.75) is 64.8 Å². The lowest BCUT2D eigenvalue weighted by molar-refractivity contribution is -0.138. The zero-order valence-corrected chi connectivity index (χ0v) is 22.7. The van der Waals surface area contributed by atoms with E-state index in [0.29, 0.717) is 25.8 Å². The minimum Gasteiger partial charge on any atom is -0.511 e. The van der Waals surface area contributed by atoms with Gasteiger partial charge in [0.25, 0.3) is 0 Å². The number of hydrogen-bond acceptors (Lipinski definition) is 6. The Labute approximate surface area is 228 Å². The number of carbonyl (C=O) groups is 3. The van der Waals surface area contributed by atoms with E-state index >= 15 is 0 Å². The van der Waals surface area contributed by atoms with Gasteiger partial charge in [-0.2, -0.15) is 0 Å². The summed E-state index contributed by atoms with van der Waals surface area (Å²) in [4.78, 5) is 40.9. The summed E-state index contributed by atoms with van der Waals surface area (Å²) in [5, 5.41) is 22.8. The van der Waals surface area contributed by atoms with E-state index in [-0.39, 0.29) is 53.6 Å². The number of ether oxygens (including phenoxy) is 1. The van der Waals surface area contributed by atoms with Gasteiger partial charge in [-0.05, 0) is 53.9 Å². The van der Waals surface area contributed by atoms with Gasteiger partial charge in [-0.1, -0.05) is 62.4 Å². The number of carbonyl (C=O) groups excluding carboxylic acids is 2. The number of aliphatic hydroxyl groups excluding tert-OH is 1. The zero-order valence-electron chi connectivity index (χ0n) is 22.7. The van der Waals surface area contributed by atoms with Crippen LogP contribution in [0.2, 0.25) is 0 Å². The smallest absolute Gasteiger partial charge is 0.407 e. The van der Waals surface area contributed by atoms with Crippen LogP contribution in [0, 0.1) is 5.41 Å². The van der Waals surface area contributed by atoms with Crippen molar-refractivity contribution in [3.63, 3.8) is 0 Å². The lowest BCUT2D eigenvalue weighted by Gasteiger charge is -2.29. The molecule has 1 atom stereocenters. The van der Waals surface area contributed by atoms with Crippen LogP contribution in [0.3, 0.4) is 0 Å². The first kappa shape index (κ1) is 28.1. The van der Waals surface area contributed by atoms with Crippen molar-refractivity contribution in [3.05, 3.63) is 71.0 Å². The van der Waals surface area contributed by atoms with Crippen LogP contribution in [-0.4, -0.2) is 53.0 Å². The number of aliphatic carboxylic acids is 1. The minimum atomic E-state index is -1.09. The molecule has 0 heterocycles. The summed E-state index contributed by atoms with van der Waals surface area (Å²) in [6, 6.07) is 15.2. The van der Waals surface area contributed by atoms with Crippen molar-refractivity contribution >= 4 is 23.6 Å². The molecule has 0 spiro atoms. The van der Waals surface area contributed by atoms with Gasteiger partial charge in [0.15, 0.2) is 5.78 Å². The summed E-state index contributed by atoms with van der Waals surface area (Å²) >= 11 is 0. The fourth-order valence-corrected chi connectivity index (χ4v) is 5.54. The Bertz CT molecular complexity index is 1280. The molecule has 4 rings (SSSR count). The van der Waals surface area contributed by atoms with E-state index in [0.717, 1.165) is 22.3 Å². The second-order valence-corrected chi connectivity index (χ2v) is 11.1. The SMILES string of the molecule is CC(=NC(CCCCNC(=O)OCC1c2ccccc2-c2ccccc21)C(=O)O)C1=C(O)CC(C)(C)CC1=O. The first-order valence-corrected chi connectivity index (χ1v) is 13.4. The minimum absolute atomic E-state index is 0.0164. The monoisotopic (exact) mass is 532 g/mol. The number of carboxylic acid groups (broad SMARTS) is 1. The van der Waals surface area contributed by atoms with E-state index in [1.54, 1.807) is 6.92 Å². The second kappa shape index (κ2) is 11.8. The standard InChI is InChI=1S/C31H36N2O6/c1-19(28-26(34)16-31(2,3)17-27(28)35)33-25(29(36)37)14-8-9-15-32-30(38)39-18-24-22-12-6-4-10-20(22)21-11-5-7-13-23(21)24/h4-7,10-13,24-25,34H,8-9,14-18H2,1-3H3,(H,32,38)(H,36,37). The van der Waals surface area contributed by atoms with Gasteiger partial charge in [0.05, 0.1) is 5.57 Å². The first-order valence-electron chi connectivity index (χ1n) is 13.4. The molecule has 0 radical (unpaired) electrons. The summed E-state index contributed by atoms with van der Waals surface area (Å²) in [5.74, 6) is -1.37. The molecule has 0 saturated heterocycles. The van der Waals surface area contributed by atoms with E-state index < -0.39 is 18.1 Å². The number of fused-ring (bicyclic) bond motifs is 3. The predicted octanol–water partition coefficient (Wildman–Crippen LogP) is 5.81. The van der Waals surface area contributed by atoms with Crippen molar-refractivity contribution in [2.24, 2.45) is 10.4 Å². The Balaban J connectivity index is 1.24. The largest absolute Gasteiger partial charge is 0.511 e. The first-order chi connectivity index (χ1) is 18.6. The van der Waals surface area contributed by atoms with Crippen molar-refractivity contribution in [1.82, 2.24) is 5.32 Å². The number of ketones is 1. The van der Waals surface area contributed by atoms with Crippen LogP contribution in [0.1, 0.15) is 69.9 Å². The highest BCUT2D eigenvalue weighted by Crippen LogP contribution is 2.44. The maximum Gasteiger partial charge on any atom is 0.407 e. The average Bonchev–Trinajstić information content (AvgIpc) is 3.19. The van der Waals surface area contributed by atoms with E-state index in [2.05, 4.69) is 34.6 Å². The molecule has 0 aromatic heterocycles. The fourth-order valence-electron chi connectivity index (χ4n) is 5.54. The van der Waals surface area contributed by atoms with Crippen LogP contribution in [0.5, 0.6) is 0 Å². The van der Waals surface area contributed by atoms with E-state index in [1.165, 1.54) is 0 Å². The molecule has 39 heavy (non-hydrogen) atoms. The maximum absolute atomic E-state index is 12.5. The molecule has 2 aliphatic carbocycles. The Hall–Kier alpha value is -3.94. The van der Waals surface area contributed by atoms with Crippen LogP contribution in [0.25, 0.3) is 11.1 Å². The number of allylic oxidation sites excluding steroid dienone is 2. The molecule has 206 valence electrons. The van der Waals surface area contributed by atoms with Crippen LogP contribution in [0.4, 0.5) is 4.79 Å². The lowest BCUT2D eigenvalue weighted by atomic mass is 9.75. The topological polar surface area (TPSA) is 125 Å². The molecule has 2 aliphatic rings. The predicted molar refractivity (Wildman–Crippen MR) is 149 cm³/mol. The Kier molecular flexibility index (Phi) is 8.53. The highest BCUT2D eigenvalue weighted by atomic mass is 16.5. The van der Waals surface area contributed by atoms with Crippen molar-refractivity contribution in [3.8, 4) is 11.1 Å². The molecule has 1 amide bonds. The highest BCUT2D eigenvalue weighted by molar-refractivity contribution is 6.22. The van der Waals surface area contributed by atoms with Crippen molar-refractivity contribution < 1.29 is 29.3 Å². The van der Waals surface area contributed by atoms with Gasteiger partial charge in [-0.25, -0.2) is 9.59 Å². The number of nitrogens with zero attached hydrogens (tertiary/aromatic N) is 1. The number of unbranched alkanes of at least 4 members (excludes halogenated alkanes) is 1. The lowest BCUT2D eigenvalue weighted by Crippen LogP contribution is -2.30. The normalized spacial score (nSPS) is 17.4. The molecular formula is C31H36N2O6. The molecule has 8 nitrogen and oxygen atoms in total. The second-order valence-electron chi connectivity index (χ2n) is 11.1. The number of benzene rings is 2. The maximum atomic E-state index is 12.5. The summed E-state index contributed by atoms with van der Waals surface area (Å²) in [7, 11) is 0. The highest BCUT2D eigenvalue weighted by Gasteiger charge is 2.34. The molecule has 0 aliphatic heterocycles. The molecule has 2 aromatic carbocycles. The van der Waals surface area contributed by atoms with E-state index in [9.17, 15) is 24.6 Å². The van der Waals surface area contributed by atoms with Gasteiger partial charge < -0.3 is 20.3 Å². The van der Waals surface area contributed by atoms with Gasteiger partial charge in [-0.3, -0.25) is 9.79 Å². The van der Waals surface area contributed by atoms with Gasteiger partial charge in [0.1, 0.15) is 18.4 Å². The number of Topliss-reactive ketones (excluding diaryl/α,β-unsaturated/α-hetero) is 1. The number of hydrogen-bond donors (Lipinski definition) is 3.